The molecule has 0 amide bonds. The minimum atomic E-state index is -2.45. The number of hydrogen-bond acceptors (Lipinski definition) is 6. The van der Waals surface area contributed by atoms with Crippen molar-refractivity contribution in [3.8, 4) is 0 Å². The summed E-state index contributed by atoms with van der Waals surface area (Å²) in [5, 5.41) is 0. The smallest absolute Gasteiger partial charge is 0.344 e. The minimum Gasteiger partial charge on any atom is -0.413 e. The first-order valence-electron chi connectivity index (χ1n) is 9.14. The predicted octanol–water partition coefficient (Wildman–Crippen LogP) is 3.16. The van der Waals surface area contributed by atoms with E-state index >= 15 is 0 Å². The van der Waals surface area contributed by atoms with Crippen LogP contribution in [0.4, 0.5) is 0 Å². The van der Waals surface area contributed by atoms with Gasteiger partial charge in [0.15, 0.2) is 0 Å². The average Bonchev–Trinajstić information content (AvgIpc) is 2.46. The largest absolute Gasteiger partial charge is 0.413 e. The molecule has 0 unspecified atom stereocenters. The number of ether oxygens (including phenoxy) is 3. The van der Waals surface area contributed by atoms with Crippen molar-refractivity contribution in [2.24, 2.45) is 0 Å². The summed E-state index contributed by atoms with van der Waals surface area (Å²) in [5.74, 6) is 0. The van der Waals surface area contributed by atoms with E-state index in [4.69, 9.17) is 26.6 Å². The fourth-order valence-electron chi connectivity index (χ4n) is 2.82. The van der Waals surface area contributed by atoms with E-state index in [1.807, 2.05) is 0 Å². The maximum Gasteiger partial charge on any atom is 0.344 e. The summed E-state index contributed by atoms with van der Waals surface area (Å²) in [4.78, 5) is 0. The topological polar surface area (TPSA) is 55.4 Å². The van der Waals surface area contributed by atoms with E-state index in [-0.39, 0.29) is 0 Å². The second-order valence-corrected chi connectivity index (χ2v) is 17.0. The van der Waals surface area contributed by atoms with Crippen molar-refractivity contribution in [2.45, 2.75) is 59.7 Å². The highest BCUT2D eigenvalue weighted by Crippen LogP contribution is 2.31. The molecular weight excluding hydrogens is 360 g/mol. The van der Waals surface area contributed by atoms with Gasteiger partial charge in [-0.05, 0) is 38.9 Å². The fourth-order valence-corrected chi connectivity index (χ4v) is 18.4. The first kappa shape index (κ1) is 22.5. The Kier molecular flexibility index (Phi) is 9.85. The third kappa shape index (κ3) is 7.75. The van der Waals surface area contributed by atoms with Crippen molar-refractivity contribution < 1.29 is 26.6 Å². The van der Waals surface area contributed by atoms with Gasteiger partial charge in [0.2, 0.25) is 0 Å². The molecule has 6 nitrogen and oxygen atoms in total. The molecule has 1 fully saturated rings. The molecule has 24 heavy (non-hydrogen) atoms. The third-order valence-corrected chi connectivity index (χ3v) is 16.0. The van der Waals surface area contributed by atoms with Gasteiger partial charge in [-0.1, -0.05) is 20.8 Å². The summed E-state index contributed by atoms with van der Waals surface area (Å²) in [6, 6.07) is 0. The predicted molar refractivity (Wildman–Crippen MR) is 101 cm³/mol. The molecule has 0 aromatic heterocycles. The first-order chi connectivity index (χ1) is 11.3. The van der Waals surface area contributed by atoms with Gasteiger partial charge in [-0.3, -0.25) is 0 Å². The summed E-state index contributed by atoms with van der Waals surface area (Å²) in [5.41, 5.74) is 0. The Morgan fingerprint density at radius 1 is 0.542 bits per heavy atom. The maximum atomic E-state index is 6.42. The SMILES string of the molecule is CCCOC[Si]1(C)O[Si](C)(COCCC)O[Si](C)(COCCC)O1. The van der Waals surface area contributed by atoms with Crippen LogP contribution in [-0.4, -0.2) is 64.2 Å². The Bertz CT molecular complexity index is 300. The van der Waals surface area contributed by atoms with E-state index in [1.54, 1.807) is 0 Å². The molecule has 1 aliphatic heterocycles. The van der Waals surface area contributed by atoms with Crippen molar-refractivity contribution in [1.29, 1.82) is 0 Å². The zero-order valence-corrected chi connectivity index (χ0v) is 19.3. The van der Waals surface area contributed by atoms with Crippen LogP contribution in [0.5, 0.6) is 0 Å². The van der Waals surface area contributed by atoms with Crippen LogP contribution < -0.4 is 0 Å². The van der Waals surface area contributed by atoms with Gasteiger partial charge >= 0.3 is 25.7 Å². The summed E-state index contributed by atoms with van der Waals surface area (Å²) < 4.78 is 36.6. The van der Waals surface area contributed by atoms with Crippen molar-refractivity contribution in [1.82, 2.24) is 0 Å². The molecule has 0 spiro atoms. The molecule has 0 bridgehead atoms. The third-order valence-electron chi connectivity index (χ3n) is 3.43. The summed E-state index contributed by atoms with van der Waals surface area (Å²) in [6.45, 7) is 14.7. The molecule has 1 saturated heterocycles. The number of rotatable bonds is 12. The second-order valence-electron chi connectivity index (χ2n) is 6.87. The lowest BCUT2D eigenvalue weighted by molar-refractivity contribution is 0.0900. The zero-order valence-electron chi connectivity index (χ0n) is 16.3. The molecule has 0 aromatic rings. The van der Waals surface area contributed by atoms with Gasteiger partial charge in [0, 0.05) is 19.8 Å². The van der Waals surface area contributed by atoms with Crippen molar-refractivity contribution >= 4 is 25.7 Å². The molecule has 1 heterocycles. The molecule has 0 aliphatic carbocycles. The molecule has 0 saturated carbocycles. The van der Waals surface area contributed by atoms with Crippen molar-refractivity contribution in [2.75, 3.05) is 38.5 Å². The van der Waals surface area contributed by atoms with Crippen LogP contribution in [-0.2, 0) is 26.6 Å². The van der Waals surface area contributed by atoms with Crippen LogP contribution in [0.15, 0.2) is 0 Å². The van der Waals surface area contributed by atoms with E-state index < -0.39 is 25.7 Å². The fraction of sp³-hybridized carbons (Fsp3) is 1.00. The molecule has 0 N–H and O–H groups in total. The van der Waals surface area contributed by atoms with Crippen molar-refractivity contribution in [3.63, 3.8) is 0 Å². The Labute approximate surface area is 150 Å². The van der Waals surface area contributed by atoms with E-state index in [0.29, 0.717) is 18.7 Å². The molecule has 0 aromatic carbocycles. The lowest BCUT2D eigenvalue weighted by atomic mass is 10.5. The van der Waals surface area contributed by atoms with E-state index in [2.05, 4.69) is 40.4 Å². The van der Waals surface area contributed by atoms with Gasteiger partial charge in [-0.2, -0.15) is 0 Å². The quantitative estimate of drug-likeness (QED) is 0.373. The average molecular weight is 397 g/mol. The van der Waals surface area contributed by atoms with Gasteiger partial charge in [-0.25, -0.2) is 0 Å². The normalized spacial score (nSPS) is 33.8. The van der Waals surface area contributed by atoms with E-state index in [1.165, 1.54) is 0 Å². The van der Waals surface area contributed by atoms with Crippen LogP contribution in [0.25, 0.3) is 0 Å². The Balaban J connectivity index is 2.80. The van der Waals surface area contributed by atoms with Crippen LogP contribution in [0, 0.1) is 0 Å². The highest BCUT2D eigenvalue weighted by Gasteiger charge is 2.57. The van der Waals surface area contributed by atoms with Gasteiger partial charge in [0.25, 0.3) is 0 Å². The van der Waals surface area contributed by atoms with Gasteiger partial charge < -0.3 is 26.6 Å². The summed E-state index contributed by atoms with van der Waals surface area (Å²) >= 11 is 0. The van der Waals surface area contributed by atoms with Gasteiger partial charge in [0.05, 0.1) is 18.7 Å². The van der Waals surface area contributed by atoms with Crippen LogP contribution >= 0.6 is 0 Å². The molecule has 0 radical (unpaired) electrons. The molecule has 9 heteroatoms. The van der Waals surface area contributed by atoms with Crippen LogP contribution in [0.3, 0.4) is 0 Å². The van der Waals surface area contributed by atoms with Crippen LogP contribution in [0.2, 0.25) is 19.6 Å². The Hall–Kier alpha value is 0.411. The first-order valence-corrected chi connectivity index (χ1v) is 16.7. The highest BCUT2D eigenvalue weighted by atomic mass is 28.5. The summed E-state index contributed by atoms with van der Waals surface area (Å²) in [6.07, 6.45) is 4.58. The van der Waals surface area contributed by atoms with Crippen LogP contribution in [0.1, 0.15) is 40.0 Å². The minimum absolute atomic E-state index is 0.539. The zero-order chi connectivity index (χ0) is 18.1. The van der Waals surface area contributed by atoms with E-state index in [9.17, 15) is 0 Å². The lowest BCUT2D eigenvalue weighted by Gasteiger charge is -2.49. The Morgan fingerprint density at radius 3 is 1.00 bits per heavy atom. The standard InChI is InChI=1S/C15H36O6Si3/c1-7-10-16-13-22(4)19-23(5,14-17-11-8-2)21-24(6,20-22)15-18-12-9-3/h7-15H2,1-6H3. The van der Waals surface area contributed by atoms with Crippen molar-refractivity contribution in [3.05, 3.63) is 0 Å². The number of hydrogen-bond donors (Lipinski definition) is 0. The highest BCUT2D eigenvalue weighted by molar-refractivity contribution is 6.93. The molecule has 144 valence electrons. The monoisotopic (exact) mass is 396 g/mol. The molecular formula is C15H36O6Si3. The molecule has 1 rings (SSSR count). The van der Waals surface area contributed by atoms with E-state index in [0.717, 1.165) is 39.1 Å². The Morgan fingerprint density at radius 2 is 0.792 bits per heavy atom. The molecule has 0 atom stereocenters. The van der Waals surface area contributed by atoms with Gasteiger partial charge in [-0.15, -0.1) is 0 Å². The maximum absolute atomic E-state index is 6.42. The lowest BCUT2D eigenvalue weighted by Crippen LogP contribution is -2.72. The summed E-state index contributed by atoms with van der Waals surface area (Å²) in [7, 11) is -7.35. The second kappa shape index (κ2) is 10.5. The molecule has 1 aliphatic rings. The van der Waals surface area contributed by atoms with Gasteiger partial charge in [0.1, 0.15) is 0 Å².